The summed E-state index contributed by atoms with van der Waals surface area (Å²) >= 11 is 0. The normalized spacial score (nSPS) is 18.0. The first kappa shape index (κ1) is 23.0. The fraction of sp³-hybridized carbons (Fsp3) is 0.407. The molecule has 2 aliphatic heterocycles. The van der Waals surface area contributed by atoms with Gasteiger partial charge >= 0.3 is 0 Å². The van der Waals surface area contributed by atoms with Gasteiger partial charge in [-0.25, -0.2) is 24.3 Å². The van der Waals surface area contributed by atoms with Crippen molar-refractivity contribution in [2.75, 3.05) is 38.5 Å². The van der Waals surface area contributed by atoms with Gasteiger partial charge in [0.25, 0.3) is 0 Å². The summed E-state index contributed by atoms with van der Waals surface area (Å²) in [6.07, 6.45) is 5.44. The molecule has 0 radical (unpaired) electrons. The molecular formula is C27H31FN8. The minimum Gasteiger partial charge on any atom is -0.322 e. The van der Waals surface area contributed by atoms with Crippen LogP contribution in [0.2, 0.25) is 0 Å². The first-order valence-corrected chi connectivity index (χ1v) is 12.5. The summed E-state index contributed by atoms with van der Waals surface area (Å²) in [5.74, 6) is 1.71. The molecule has 1 aromatic carbocycles. The van der Waals surface area contributed by atoms with E-state index in [1.807, 2.05) is 18.3 Å². The number of benzene rings is 1. The minimum absolute atomic E-state index is 0.0876. The van der Waals surface area contributed by atoms with Crippen molar-refractivity contribution in [3.05, 3.63) is 59.9 Å². The molecule has 0 unspecified atom stereocenters. The molecule has 1 saturated heterocycles. The van der Waals surface area contributed by atoms with E-state index in [9.17, 15) is 0 Å². The smallest absolute Gasteiger partial charge is 0.228 e. The van der Waals surface area contributed by atoms with Crippen LogP contribution in [-0.4, -0.2) is 67.5 Å². The fourth-order valence-electron chi connectivity index (χ4n) is 5.25. The lowest BCUT2D eigenvalue weighted by Gasteiger charge is -2.32. The monoisotopic (exact) mass is 486 g/mol. The van der Waals surface area contributed by atoms with E-state index in [1.54, 1.807) is 12.3 Å². The second-order valence-corrected chi connectivity index (χ2v) is 10.5. The molecule has 6 rings (SSSR count). The zero-order valence-electron chi connectivity index (χ0n) is 21.0. The molecule has 8 nitrogen and oxygen atoms in total. The number of pyridine rings is 1. The second kappa shape index (κ2) is 8.90. The zero-order valence-corrected chi connectivity index (χ0v) is 21.0. The lowest BCUT2D eigenvalue weighted by atomic mass is 10.0. The highest BCUT2D eigenvalue weighted by atomic mass is 19.1. The van der Waals surface area contributed by atoms with Crippen LogP contribution in [0.15, 0.2) is 42.7 Å². The Morgan fingerprint density at radius 1 is 1.03 bits per heavy atom. The van der Waals surface area contributed by atoms with E-state index in [2.05, 4.69) is 66.6 Å². The van der Waals surface area contributed by atoms with E-state index < -0.39 is 0 Å². The molecule has 1 fully saturated rings. The van der Waals surface area contributed by atoms with Gasteiger partial charge in [-0.15, -0.1) is 0 Å². The number of imidazole rings is 1. The predicted octanol–water partition coefficient (Wildman–Crippen LogP) is 4.20. The highest BCUT2D eigenvalue weighted by Gasteiger charge is 2.33. The Hall–Kier alpha value is -3.43. The van der Waals surface area contributed by atoms with E-state index in [-0.39, 0.29) is 11.4 Å². The molecule has 0 bridgehead atoms. The molecule has 0 saturated carbocycles. The van der Waals surface area contributed by atoms with Crippen LogP contribution < -0.4 is 5.32 Å². The highest BCUT2D eigenvalue weighted by molar-refractivity contribution is 5.83. The lowest BCUT2D eigenvalue weighted by Crippen LogP contribution is -2.43. The number of fused-ring (bicyclic) bond motifs is 3. The van der Waals surface area contributed by atoms with Gasteiger partial charge in [-0.05, 0) is 57.1 Å². The van der Waals surface area contributed by atoms with Crippen LogP contribution in [0.25, 0.3) is 22.3 Å². The summed E-state index contributed by atoms with van der Waals surface area (Å²) in [7, 11) is 2.16. The topological polar surface area (TPSA) is 75.0 Å². The van der Waals surface area contributed by atoms with Crippen LogP contribution in [-0.2, 0) is 18.5 Å². The Labute approximate surface area is 210 Å². The van der Waals surface area contributed by atoms with Crippen LogP contribution in [0.5, 0.6) is 0 Å². The van der Waals surface area contributed by atoms with Crippen molar-refractivity contribution in [3.8, 4) is 11.3 Å². The summed E-state index contributed by atoms with van der Waals surface area (Å²) in [6.45, 7) is 9.58. The quantitative estimate of drug-likeness (QED) is 0.453. The van der Waals surface area contributed by atoms with Crippen molar-refractivity contribution in [2.45, 2.75) is 38.8 Å². The number of rotatable bonds is 5. The number of anilines is 2. The number of piperazine rings is 1. The van der Waals surface area contributed by atoms with Gasteiger partial charge < -0.3 is 14.8 Å². The van der Waals surface area contributed by atoms with Crippen molar-refractivity contribution in [1.82, 2.24) is 34.3 Å². The van der Waals surface area contributed by atoms with E-state index in [1.165, 1.54) is 11.6 Å². The Bertz CT molecular complexity index is 1400. The molecule has 0 amide bonds. The maximum Gasteiger partial charge on any atom is 0.228 e. The van der Waals surface area contributed by atoms with E-state index in [0.29, 0.717) is 28.5 Å². The summed E-state index contributed by atoms with van der Waals surface area (Å²) in [5.41, 5.74) is 3.68. The van der Waals surface area contributed by atoms with Crippen LogP contribution in [0, 0.1) is 5.82 Å². The molecule has 9 heteroatoms. The van der Waals surface area contributed by atoms with Gasteiger partial charge in [0, 0.05) is 62.6 Å². The third-order valence-corrected chi connectivity index (χ3v) is 7.37. The molecule has 186 valence electrons. The van der Waals surface area contributed by atoms with Crippen LogP contribution in [0.1, 0.15) is 31.7 Å². The SMILES string of the molecule is CN1CCN(Cc2ccc(Nc3nccc(-c4cc(F)c5nc6n(c5c4)C(C)(C)CC6)n3)nc2)CC1. The van der Waals surface area contributed by atoms with Gasteiger partial charge in [0.1, 0.15) is 17.2 Å². The molecule has 0 aliphatic carbocycles. The zero-order chi connectivity index (χ0) is 24.9. The number of halogens is 1. The molecule has 4 aromatic rings. The third-order valence-electron chi connectivity index (χ3n) is 7.37. The van der Waals surface area contributed by atoms with Crippen LogP contribution in [0.4, 0.5) is 16.2 Å². The molecular weight excluding hydrogens is 455 g/mol. The van der Waals surface area contributed by atoms with E-state index in [0.717, 1.165) is 56.9 Å². The highest BCUT2D eigenvalue weighted by Crippen LogP contribution is 2.37. The largest absolute Gasteiger partial charge is 0.322 e. The molecule has 0 spiro atoms. The van der Waals surface area contributed by atoms with Crippen molar-refractivity contribution >= 4 is 22.8 Å². The Kier molecular flexibility index (Phi) is 5.69. The summed E-state index contributed by atoms with van der Waals surface area (Å²) in [5, 5.41) is 3.19. The van der Waals surface area contributed by atoms with Gasteiger partial charge in [0.05, 0.1) is 11.2 Å². The van der Waals surface area contributed by atoms with E-state index in [4.69, 9.17) is 0 Å². The van der Waals surface area contributed by atoms with Crippen molar-refractivity contribution in [1.29, 1.82) is 0 Å². The summed E-state index contributed by atoms with van der Waals surface area (Å²) in [4.78, 5) is 22.9. The standard InChI is InChI=1S/C27H31FN8/c1-27(2)8-6-24-33-25-20(28)14-19(15-22(25)36(24)27)21-7-9-29-26(31-21)32-23-5-4-18(16-30-23)17-35-12-10-34(3)11-13-35/h4-5,7,9,14-16H,6,8,10-13,17H2,1-3H3,(H,29,30,31,32). The average molecular weight is 487 g/mol. The first-order valence-electron chi connectivity index (χ1n) is 12.5. The number of nitrogens with one attached hydrogen (secondary N) is 1. The van der Waals surface area contributed by atoms with Crippen molar-refractivity contribution in [2.24, 2.45) is 0 Å². The number of aromatic nitrogens is 5. The molecule has 0 atom stereocenters. The Balaban J connectivity index is 1.22. The summed E-state index contributed by atoms with van der Waals surface area (Å²) < 4.78 is 17.2. The van der Waals surface area contributed by atoms with Gasteiger partial charge in [-0.2, -0.15) is 0 Å². The van der Waals surface area contributed by atoms with Gasteiger partial charge in [0.15, 0.2) is 5.82 Å². The van der Waals surface area contributed by atoms with Crippen molar-refractivity contribution < 1.29 is 4.39 Å². The molecule has 1 N–H and O–H groups in total. The first-order chi connectivity index (χ1) is 17.4. The van der Waals surface area contributed by atoms with Crippen LogP contribution >= 0.6 is 0 Å². The van der Waals surface area contributed by atoms with Gasteiger partial charge in [-0.1, -0.05) is 6.07 Å². The second-order valence-electron chi connectivity index (χ2n) is 10.5. The van der Waals surface area contributed by atoms with Crippen molar-refractivity contribution in [3.63, 3.8) is 0 Å². The number of hydrogen-bond acceptors (Lipinski definition) is 7. The Morgan fingerprint density at radius 3 is 2.64 bits per heavy atom. The predicted molar refractivity (Wildman–Crippen MR) is 139 cm³/mol. The number of hydrogen-bond donors (Lipinski definition) is 1. The fourth-order valence-corrected chi connectivity index (χ4v) is 5.25. The van der Waals surface area contributed by atoms with E-state index >= 15 is 4.39 Å². The summed E-state index contributed by atoms with van der Waals surface area (Å²) in [6, 6.07) is 9.33. The van der Waals surface area contributed by atoms with Gasteiger partial charge in [-0.3, -0.25) is 4.90 Å². The molecule has 5 heterocycles. The maximum atomic E-state index is 15.1. The number of likely N-dealkylation sites (N-methyl/N-ethyl adjacent to an activating group) is 1. The molecule has 2 aliphatic rings. The lowest BCUT2D eigenvalue weighted by molar-refractivity contribution is 0.148. The van der Waals surface area contributed by atoms with Crippen LogP contribution in [0.3, 0.4) is 0 Å². The maximum absolute atomic E-state index is 15.1. The Morgan fingerprint density at radius 2 is 1.86 bits per heavy atom. The minimum atomic E-state index is -0.328. The van der Waals surface area contributed by atoms with Gasteiger partial charge in [0.2, 0.25) is 5.95 Å². The number of nitrogens with zero attached hydrogens (tertiary/aromatic N) is 7. The molecule has 36 heavy (non-hydrogen) atoms. The molecule has 3 aromatic heterocycles. The number of aryl methyl sites for hydroxylation is 1. The average Bonchev–Trinajstić information content (AvgIpc) is 3.39. The third kappa shape index (κ3) is 4.33.